The van der Waals surface area contributed by atoms with Gasteiger partial charge >= 0.3 is 7.12 Å². The first-order valence-corrected chi connectivity index (χ1v) is 11.5. The summed E-state index contributed by atoms with van der Waals surface area (Å²) < 4.78 is 45.9. The van der Waals surface area contributed by atoms with Crippen LogP contribution in [0, 0.1) is 5.92 Å². The summed E-state index contributed by atoms with van der Waals surface area (Å²) in [6.07, 6.45) is 4.25. The lowest BCUT2D eigenvalue weighted by Gasteiger charge is -2.32. The number of aliphatic hydroxyl groups excluding tert-OH is 1. The highest BCUT2D eigenvalue weighted by molar-refractivity contribution is 7.89. The van der Waals surface area contributed by atoms with E-state index in [1.165, 1.54) is 19.4 Å². The van der Waals surface area contributed by atoms with E-state index in [0.29, 0.717) is 24.8 Å². The van der Waals surface area contributed by atoms with Crippen LogP contribution in [0.4, 0.5) is 0 Å². The quantitative estimate of drug-likeness (QED) is 0.659. The number of aliphatic hydroxyl groups is 1. The van der Waals surface area contributed by atoms with E-state index in [-0.39, 0.29) is 22.8 Å². The maximum Gasteiger partial charge on any atom is 0.496 e. The molecule has 1 aromatic heterocycles. The molecule has 1 aliphatic carbocycles. The number of pyridine rings is 1. The molecule has 0 radical (unpaired) electrons. The second-order valence-corrected chi connectivity index (χ2v) is 10.6. The minimum atomic E-state index is -3.84. The third kappa shape index (κ3) is 4.77. The number of hydrogen-bond acceptors (Lipinski definition) is 7. The normalized spacial score (nSPS) is 26.5. The zero-order valence-electron chi connectivity index (χ0n) is 17.8. The fourth-order valence-corrected chi connectivity index (χ4v) is 4.82. The van der Waals surface area contributed by atoms with Crippen molar-refractivity contribution >= 4 is 22.6 Å². The molecule has 0 atom stereocenters. The van der Waals surface area contributed by atoms with Crippen molar-refractivity contribution in [2.45, 2.75) is 75.6 Å². The van der Waals surface area contributed by atoms with Gasteiger partial charge in [0.1, 0.15) is 4.90 Å². The molecular formula is C19H31BN2O6S. The fourth-order valence-electron chi connectivity index (χ4n) is 3.56. The van der Waals surface area contributed by atoms with Gasteiger partial charge in [-0.25, -0.2) is 18.1 Å². The van der Waals surface area contributed by atoms with Gasteiger partial charge < -0.3 is 19.2 Å². The zero-order valence-corrected chi connectivity index (χ0v) is 18.6. The monoisotopic (exact) mass is 426 g/mol. The summed E-state index contributed by atoms with van der Waals surface area (Å²) in [5.74, 6) is 0.232. The highest BCUT2D eigenvalue weighted by Gasteiger charge is 2.52. The summed E-state index contributed by atoms with van der Waals surface area (Å²) in [7, 11) is -3.16. The molecule has 3 rings (SSSR count). The van der Waals surface area contributed by atoms with Gasteiger partial charge in [0.25, 0.3) is 0 Å². The average Bonchev–Trinajstić information content (AvgIpc) is 2.88. The number of rotatable bonds is 6. The lowest BCUT2D eigenvalue weighted by atomic mass is 9.80. The second kappa shape index (κ2) is 8.15. The number of hydrogen-bond donors (Lipinski definition) is 2. The molecule has 1 aliphatic heterocycles. The van der Waals surface area contributed by atoms with Crippen LogP contribution < -0.4 is 14.9 Å². The van der Waals surface area contributed by atoms with Crippen molar-refractivity contribution in [2.75, 3.05) is 13.7 Å². The van der Waals surface area contributed by atoms with Crippen LogP contribution in [0.3, 0.4) is 0 Å². The van der Waals surface area contributed by atoms with Gasteiger partial charge in [-0.05, 0) is 65.4 Å². The molecule has 2 aliphatic rings. The van der Waals surface area contributed by atoms with Gasteiger partial charge in [-0.2, -0.15) is 0 Å². The molecule has 1 aromatic rings. The molecule has 0 aromatic carbocycles. The van der Waals surface area contributed by atoms with Crippen LogP contribution in [0.15, 0.2) is 17.2 Å². The van der Waals surface area contributed by atoms with Crippen molar-refractivity contribution in [1.82, 2.24) is 9.71 Å². The zero-order chi connectivity index (χ0) is 21.4. The summed E-state index contributed by atoms with van der Waals surface area (Å²) in [5.41, 5.74) is -0.563. The molecule has 0 spiro atoms. The van der Waals surface area contributed by atoms with Gasteiger partial charge in [-0.1, -0.05) is 0 Å². The van der Waals surface area contributed by atoms with Crippen LogP contribution in [0.25, 0.3) is 0 Å². The number of aromatic nitrogens is 1. The second-order valence-electron chi connectivity index (χ2n) is 8.89. The van der Waals surface area contributed by atoms with E-state index in [0.717, 1.165) is 12.8 Å². The van der Waals surface area contributed by atoms with E-state index < -0.39 is 28.3 Å². The smallest absolute Gasteiger partial charge is 0.480 e. The number of ether oxygens (including phenoxy) is 1. The lowest BCUT2D eigenvalue weighted by Crippen LogP contribution is -2.41. The van der Waals surface area contributed by atoms with Crippen LogP contribution >= 0.6 is 0 Å². The SMILES string of the molecule is COc1ncc(B2OC(C)(C)C(C)(C)O2)cc1S(=O)(=O)NCC1CCC(O)CC1. The molecule has 10 heteroatoms. The molecule has 162 valence electrons. The van der Waals surface area contributed by atoms with E-state index in [9.17, 15) is 13.5 Å². The molecule has 0 bridgehead atoms. The van der Waals surface area contributed by atoms with Crippen LogP contribution in [-0.2, 0) is 19.3 Å². The lowest BCUT2D eigenvalue weighted by molar-refractivity contribution is 0.00578. The van der Waals surface area contributed by atoms with Crippen molar-refractivity contribution in [3.63, 3.8) is 0 Å². The number of sulfonamides is 1. The molecule has 2 N–H and O–H groups in total. The van der Waals surface area contributed by atoms with Crippen molar-refractivity contribution in [3.05, 3.63) is 12.3 Å². The molecule has 0 amide bonds. The van der Waals surface area contributed by atoms with Gasteiger partial charge in [0.05, 0.1) is 24.4 Å². The number of nitrogens with one attached hydrogen (secondary N) is 1. The van der Waals surface area contributed by atoms with Gasteiger partial charge in [-0.15, -0.1) is 0 Å². The summed E-state index contributed by atoms with van der Waals surface area (Å²) in [6.45, 7) is 8.06. The Kier molecular flexibility index (Phi) is 6.32. The molecule has 1 saturated carbocycles. The predicted octanol–water partition coefficient (Wildman–Crippen LogP) is 1.22. The Morgan fingerprint density at radius 2 is 1.79 bits per heavy atom. The summed E-state index contributed by atoms with van der Waals surface area (Å²) >= 11 is 0. The fraction of sp³-hybridized carbons (Fsp3) is 0.737. The van der Waals surface area contributed by atoms with Gasteiger partial charge in [0.15, 0.2) is 0 Å². The Hall–Kier alpha value is -1.20. The Morgan fingerprint density at radius 1 is 1.21 bits per heavy atom. The van der Waals surface area contributed by atoms with Gasteiger partial charge in [-0.3, -0.25) is 0 Å². The van der Waals surface area contributed by atoms with Crippen LogP contribution in [0.5, 0.6) is 5.88 Å². The molecule has 8 nitrogen and oxygen atoms in total. The van der Waals surface area contributed by atoms with E-state index in [4.69, 9.17) is 14.0 Å². The Morgan fingerprint density at radius 3 is 2.34 bits per heavy atom. The van der Waals surface area contributed by atoms with E-state index >= 15 is 0 Å². The Balaban J connectivity index is 1.80. The first kappa shape index (κ1) is 22.5. The van der Waals surface area contributed by atoms with Crippen LogP contribution in [0.2, 0.25) is 0 Å². The highest BCUT2D eigenvalue weighted by atomic mass is 32.2. The topological polar surface area (TPSA) is 107 Å². The number of nitrogens with zero attached hydrogens (tertiary/aromatic N) is 1. The average molecular weight is 426 g/mol. The number of methoxy groups -OCH3 is 1. The molecule has 0 unspecified atom stereocenters. The first-order valence-electron chi connectivity index (χ1n) is 10.0. The highest BCUT2D eigenvalue weighted by Crippen LogP contribution is 2.36. The molecule has 29 heavy (non-hydrogen) atoms. The standard InChI is InChI=1S/C19H31BN2O6S/c1-18(2)19(3,4)28-20(27-18)14-10-16(17(26-5)21-12-14)29(24,25)22-11-13-6-8-15(23)9-7-13/h10,12-13,15,22-23H,6-9,11H2,1-5H3. The minimum absolute atomic E-state index is 0.0248. The van der Waals surface area contributed by atoms with E-state index in [1.807, 2.05) is 27.7 Å². The third-order valence-electron chi connectivity index (χ3n) is 6.23. The van der Waals surface area contributed by atoms with Crippen molar-refractivity contribution < 1.29 is 27.6 Å². The van der Waals surface area contributed by atoms with Crippen molar-refractivity contribution in [2.24, 2.45) is 5.92 Å². The summed E-state index contributed by atoms with van der Waals surface area (Å²) in [6, 6.07) is 1.50. The van der Waals surface area contributed by atoms with Gasteiger partial charge in [0, 0.05) is 18.2 Å². The third-order valence-corrected chi connectivity index (χ3v) is 7.64. The predicted molar refractivity (Wildman–Crippen MR) is 110 cm³/mol. The Bertz CT molecular complexity index is 821. The van der Waals surface area contributed by atoms with E-state index in [2.05, 4.69) is 9.71 Å². The van der Waals surface area contributed by atoms with Gasteiger partial charge in [0.2, 0.25) is 15.9 Å². The van der Waals surface area contributed by atoms with Crippen molar-refractivity contribution in [3.8, 4) is 5.88 Å². The maximum atomic E-state index is 13.0. The molecule has 2 fully saturated rings. The molecule has 2 heterocycles. The largest absolute Gasteiger partial charge is 0.496 e. The molecular weight excluding hydrogens is 395 g/mol. The minimum Gasteiger partial charge on any atom is -0.480 e. The maximum absolute atomic E-state index is 13.0. The molecule has 1 saturated heterocycles. The van der Waals surface area contributed by atoms with Crippen LogP contribution in [-0.4, -0.2) is 56.6 Å². The first-order chi connectivity index (χ1) is 13.4. The van der Waals surface area contributed by atoms with E-state index in [1.54, 1.807) is 0 Å². The Labute approximate surface area is 173 Å². The van der Waals surface area contributed by atoms with Crippen LogP contribution in [0.1, 0.15) is 53.4 Å². The summed E-state index contributed by atoms with van der Waals surface area (Å²) in [4.78, 5) is 4.13. The summed E-state index contributed by atoms with van der Waals surface area (Å²) in [5, 5.41) is 9.62. The van der Waals surface area contributed by atoms with Crippen molar-refractivity contribution in [1.29, 1.82) is 0 Å².